The van der Waals surface area contributed by atoms with Gasteiger partial charge < -0.3 is 29.8 Å². The molecule has 10 nitrogen and oxygen atoms in total. The Bertz CT molecular complexity index is 960. The number of carbonyl (C=O) groups excluding carboxylic acids is 3. The molecule has 0 fully saturated rings. The van der Waals surface area contributed by atoms with E-state index in [-0.39, 0.29) is 36.4 Å². The molecule has 214 valence electrons. The molecule has 0 aromatic heterocycles. The van der Waals surface area contributed by atoms with Crippen molar-refractivity contribution in [1.29, 1.82) is 0 Å². The Kier molecular flexibility index (Phi) is 13.3. The molecule has 3 N–H and O–H groups in total. The fourth-order valence-corrected chi connectivity index (χ4v) is 3.32. The molecule has 0 spiro atoms. The van der Waals surface area contributed by atoms with Crippen LogP contribution in [0.2, 0.25) is 0 Å². The number of carbonyl (C=O) groups is 4. The van der Waals surface area contributed by atoms with E-state index >= 15 is 0 Å². The molecule has 0 aliphatic rings. The van der Waals surface area contributed by atoms with Crippen molar-refractivity contribution in [2.75, 3.05) is 6.61 Å². The Hall–Kier alpha value is -3.14. The third-order valence-electron chi connectivity index (χ3n) is 6.59. The summed E-state index contributed by atoms with van der Waals surface area (Å²) in [4.78, 5) is 49.1. The number of rotatable bonds is 14. The third-order valence-corrected chi connectivity index (χ3v) is 6.59. The van der Waals surface area contributed by atoms with E-state index in [1.54, 1.807) is 26.8 Å². The quantitative estimate of drug-likeness (QED) is 0.247. The second kappa shape index (κ2) is 15.3. The van der Waals surface area contributed by atoms with Crippen molar-refractivity contribution in [1.82, 2.24) is 0 Å². The maximum atomic E-state index is 12.8. The first-order valence-electron chi connectivity index (χ1n) is 13.1. The molecule has 0 saturated heterocycles. The summed E-state index contributed by atoms with van der Waals surface area (Å²) in [6.07, 6.45) is -0.916. The summed E-state index contributed by atoms with van der Waals surface area (Å²) in [5.41, 5.74) is 6.43. The van der Waals surface area contributed by atoms with Gasteiger partial charge in [0, 0.05) is 5.92 Å². The highest BCUT2D eigenvalue weighted by atomic mass is 16.7. The maximum absolute atomic E-state index is 12.8. The van der Waals surface area contributed by atoms with Crippen molar-refractivity contribution in [3.8, 4) is 11.5 Å². The Morgan fingerprint density at radius 1 is 0.868 bits per heavy atom. The lowest BCUT2D eigenvalue weighted by atomic mass is 9.87. The second-order valence-corrected chi connectivity index (χ2v) is 10.3. The van der Waals surface area contributed by atoms with Crippen LogP contribution in [0.15, 0.2) is 18.2 Å². The summed E-state index contributed by atoms with van der Waals surface area (Å²) in [5.74, 6) is -3.94. The molecule has 0 saturated carbocycles. The monoisotopic (exact) mass is 537 g/mol. The molecule has 0 aliphatic carbocycles. The number of hydrogen-bond donors (Lipinski definition) is 2. The van der Waals surface area contributed by atoms with Gasteiger partial charge in [-0.1, -0.05) is 54.5 Å². The van der Waals surface area contributed by atoms with E-state index in [1.807, 2.05) is 34.6 Å². The number of ether oxygens (including phenoxy) is 4. The van der Waals surface area contributed by atoms with Crippen molar-refractivity contribution in [3.63, 3.8) is 0 Å². The summed E-state index contributed by atoms with van der Waals surface area (Å²) in [6.45, 7) is 14.6. The van der Waals surface area contributed by atoms with Crippen LogP contribution in [-0.2, 0) is 23.9 Å². The van der Waals surface area contributed by atoms with E-state index in [2.05, 4.69) is 0 Å². The van der Waals surface area contributed by atoms with Gasteiger partial charge in [-0.2, -0.15) is 0 Å². The summed E-state index contributed by atoms with van der Waals surface area (Å²) in [7, 11) is 0. The first-order valence-corrected chi connectivity index (χ1v) is 13.1. The van der Waals surface area contributed by atoms with Crippen molar-refractivity contribution < 1.29 is 43.2 Å². The zero-order chi connectivity index (χ0) is 29.2. The number of aliphatic carboxylic acids is 1. The molecule has 0 bridgehead atoms. The number of carboxylic acid groups (broad SMARTS) is 1. The SMILES string of the molecule is CCCOC(=O)OC(C)CC(c1ccc(OC(=O)C(C)C(C)C)c(OC(=O)C(C)C(C)C)c1)[C@H](N)C(=O)O. The second-order valence-electron chi connectivity index (χ2n) is 10.3. The molecular formula is C28H43NO9. The lowest BCUT2D eigenvalue weighted by Crippen LogP contribution is -2.38. The Morgan fingerprint density at radius 3 is 1.87 bits per heavy atom. The van der Waals surface area contributed by atoms with E-state index in [4.69, 9.17) is 24.7 Å². The molecule has 0 aliphatic heterocycles. The zero-order valence-electron chi connectivity index (χ0n) is 23.7. The largest absolute Gasteiger partial charge is 0.508 e. The standard InChI is InChI=1S/C28H43NO9/c1-9-12-35-28(34)36-17(6)13-21(24(29)25(30)31)20-10-11-22(37-26(32)18(7)15(2)3)23(14-20)38-27(33)19(8)16(4)5/h10-11,14-19,21,24H,9,12-13,29H2,1-8H3,(H,30,31)/t17?,18?,19?,21?,24-/m0/s1. The third kappa shape index (κ3) is 9.96. The van der Waals surface area contributed by atoms with Crippen LogP contribution in [0, 0.1) is 23.7 Å². The Balaban J connectivity index is 3.41. The number of esters is 2. The van der Waals surface area contributed by atoms with Crippen LogP contribution < -0.4 is 15.2 Å². The fraction of sp³-hybridized carbons (Fsp3) is 0.643. The summed E-state index contributed by atoms with van der Waals surface area (Å²) in [5, 5.41) is 9.65. The average molecular weight is 538 g/mol. The minimum atomic E-state index is -1.36. The van der Waals surface area contributed by atoms with Gasteiger partial charge in [-0.15, -0.1) is 0 Å². The van der Waals surface area contributed by atoms with Crippen molar-refractivity contribution in [2.24, 2.45) is 29.4 Å². The van der Waals surface area contributed by atoms with Gasteiger partial charge in [-0.05, 0) is 49.3 Å². The molecule has 0 heterocycles. The molecule has 0 radical (unpaired) electrons. The van der Waals surface area contributed by atoms with Gasteiger partial charge in [-0.25, -0.2) is 4.79 Å². The van der Waals surface area contributed by atoms with Crippen LogP contribution in [0.1, 0.15) is 79.7 Å². The van der Waals surface area contributed by atoms with Crippen molar-refractivity contribution >= 4 is 24.1 Å². The smallest absolute Gasteiger partial charge is 0.480 e. The first-order chi connectivity index (χ1) is 17.7. The van der Waals surface area contributed by atoms with Gasteiger partial charge in [0.15, 0.2) is 11.5 Å². The van der Waals surface area contributed by atoms with E-state index in [1.165, 1.54) is 12.1 Å². The minimum Gasteiger partial charge on any atom is -0.480 e. The normalized spacial score (nSPS) is 15.2. The predicted molar refractivity (Wildman–Crippen MR) is 141 cm³/mol. The molecular weight excluding hydrogens is 494 g/mol. The number of carboxylic acids is 1. The number of nitrogens with two attached hydrogens (primary N) is 1. The molecule has 1 aromatic carbocycles. The topological polar surface area (TPSA) is 151 Å². The van der Waals surface area contributed by atoms with E-state index < -0.39 is 54.0 Å². The van der Waals surface area contributed by atoms with Crippen LogP contribution in [0.4, 0.5) is 4.79 Å². The molecule has 1 aromatic rings. The minimum absolute atomic E-state index is 0.00344. The lowest BCUT2D eigenvalue weighted by molar-refractivity contribution is -0.142. The van der Waals surface area contributed by atoms with Crippen molar-refractivity contribution in [3.05, 3.63) is 23.8 Å². The van der Waals surface area contributed by atoms with Crippen LogP contribution in [0.25, 0.3) is 0 Å². The van der Waals surface area contributed by atoms with Gasteiger partial charge in [-0.3, -0.25) is 14.4 Å². The number of hydrogen-bond acceptors (Lipinski definition) is 9. The van der Waals surface area contributed by atoms with Gasteiger partial charge >= 0.3 is 24.1 Å². The molecule has 5 atom stereocenters. The maximum Gasteiger partial charge on any atom is 0.508 e. The number of benzene rings is 1. The molecule has 10 heteroatoms. The highest BCUT2D eigenvalue weighted by molar-refractivity contribution is 5.79. The highest BCUT2D eigenvalue weighted by Crippen LogP contribution is 2.36. The molecule has 1 rings (SSSR count). The summed E-state index contributed by atoms with van der Waals surface area (Å²) < 4.78 is 21.4. The Morgan fingerprint density at radius 2 is 1.39 bits per heavy atom. The fourth-order valence-electron chi connectivity index (χ4n) is 3.32. The van der Waals surface area contributed by atoms with Crippen LogP contribution in [0.3, 0.4) is 0 Å². The van der Waals surface area contributed by atoms with E-state index in [0.29, 0.717) is 12.0 Å². The molecule has 38 heavy (non-hydrogen) atoms. The van der Waals surface area contributed by atoms with Gasteiger partial charge in [0.2, 0.25) is 0 Å². The first kappa shape index (κ1) is 32.9. The zero-order valence-corrected chi connectivity index (χ0v) is 23.7. The summed E-state index contributed by atoms with van der Waals surface area (Å²) in [6, 6.07) is 3.09. The van der Waals surface area contributed by atoms with Gasteiger partial charge in [0.05, 0.1) is 18.4 Å². The molecule has 4 unspecified atom stereocenters. The van der Waals surface area contributed by atoms with Crippen LogP contribution in [0.5, 0.6) is 11.5 Å². The predicted octanol–water partition coefficient (Wildman–Crippen LogP) is 4.92. The van der Waals surface area contributed by atoms with E-state index in [9.17, 15) is 24.3 Å². The lowest BCUT2D eigenvalue weighted by Gasteiger charge is -2.25. The Labute approximate surface area is 225 Å². The van der Waals surface area contributed by atoms with E-state index in [0.717, 1.165) is 0 Å². The average Bonchev–Trinajstić information content (AvgIpc) is 2.85. The van der Waals surface area contributed by atoms with Crippen LogP contribution >= 0.6 is 0 Å². The molecule has 0 amide bonds. The van der Waals surface area contributed by atoms with Gasteiger partial charge in [0.1, 0.15) is 12.1 Å². The van der Waals surface area contributed by atoms with Gasteiger partial charge in [0.25, 0.3) is 0 Å². The van der Waals surface area contributed by atoms with Crippen LogP contribution in [-0.4, -0.2) is 47.9 Å². The highest BCUT2D eigenvalue weighted by Gasteiger charge is 2.31. The van der Waals surface area contributed by atoms with Crippen molar-refractivity contribution in [2.45, 2.75) is 86.3 Å². The summed E-state index contributed by atoms with van der Waals surface area (Å²) >= 11 is 0.